The van der Waals surface area contributed by atoms with Gasteiger partial charge in [0, 0.05) is 25.8 Å². The number of halogens is 1. The second-order valence-corrected chi connectivity index (χ2v) is 5.03. The lowest BCUT2D eigenvalue weighted by Gasteiger charge is -2.18. The van der Waals surface area contributed by atoms with E-state index in [0.29, 0.717) is 5.15 Å². The lowest BCUT2D eigenvalue weighted by molar-refractivity contribution is 0.106. The third kappa shape index (κ3) is 3.95. The molecular formula is C12H23ClN4O. The van der Waals surface area contributed by atoms with Gasteiger partial charge in [0.1, 0.15) is 5.15 Å². The topological polar surface area (TPSA) is 65.1 Å². The minimum Gasteiger partial charge on any atom is -0.382 e. The molecule has 1 rings (SSSR count). The Morgan fingerprint density at radius 3 is 2.61 bits per heavy atom. The molecule has 104 valence electrons. The van der Waals surface area contributed by atoms with Gasteiger partial charge in [0.25, 0.3) is 0 Å². The minimum absolute atomic E-state index is 0.183. The molecule has 0 saturated heterocycles. The van der Waals surface area contributed by atoms with Crippen molar-refractivity contribution < 1.29 is 4.74 Å². The molecule has 0 saturated carbocycles. The van der Waals surface area contributed by atoms with Crippen LogP contribution in [0, 0.1) is 6.92 Å². The quantitative estimate of drug-likeness (QED) is 0.585. The second-order valence-electron chi connectivity index (χ2n) is 4.67. The van der Waals surface area contributed by atoms with E-state index in [1.807, 2.05) is 14.0 Å². The van der Waals surface area contributed by atoms with Crippen LogP contribution in [0.5, 0.6) is 0 Å². The third-order valence-corrected chi connectivity index (χ3v) is 3.75. The summed E-state index contributed by atoms with van der Waals surface area (Å²) in [6, 6.07) is 0.183. The SMILES string of the molecule is COC(C)CCC(Cc1c(C)nn(C)c1Cl)NN. The Balaban J connectivity index is 2.62. The Bertz CT molecular complexity index is 380. The van der Waals surface area contributed by atoms with E-state index in [2.05, 4.69) is 17.4 Å². The highest BCUT2D eigenvalue weighted by atomic mass is 35.5. The Kier molecular flexibility index (Phi) is 6.08. The number of hydrogen-bond donors (Lipinski definition) is 2. The zero-order valence-electron chi connectivity index (χ0n) is 11.5. The fourth-order valence-electron chi connectivity index (χ4n) is 1.95. The van der Waals surface area contributed by atoms with Gasteiger partial charge in [-0.3, -0.25) is 16.0 Å². The van der Waals surface area contributed by atoms with Crippen molar-refractivity contribution in [3.8, 4) is 0 Å². The van der Waals surface area contributed by atoms with Crippen molar-refractivity contribution >= 4 is 11.6 Å². The molecule has 0 bridgehead atoms. The number of ether oxygens (including phenoxy) is 1. The normalized spacial score (nSPS) is 14.8. The van der Waals surface area contributed by atoms with Gasteiger partial charge in [-0.25, -0.2) is 0 Å². The van der Waals surface area contributed by atoms with E-state index in [1.165, 1.54) is 0 Å². The van der Waals surface area contributed by atoms with Crippen LogP contribution in [0.1, 0.15) is 31.0 Å². The van der Waals surface area contributed by atoms with E-state index >= 15 is 0 Å². The zero-order valence-corrected chi connectivity index (χ0v) is 12.3. The van der Waals surface area contributed by atoms with E-state index in [9.17, 15) is 0 Å². The molecular weight excluding hydrogens is 252 g/mol. The van der Waals surface area contributed by atoms with E-state index < -0.39 is 0 Å². The van der Waals surface area contributed by atoms with Gasteiger partial charge in [0.15, 0.2) is 0 Å². The first kappa shape index (κ1) is 15.4. The monoisotopic (exact) mass is 274 g/mol. The van der Waals surface area contributed by atoms with E-state index in [-0.39, 0.29) is 12.1 Å². The van der Waals surface area contributed by atoms with Crippen molar-refractivity contribution in [2.75, 3.05) is 7.11 Å². The van der Waals surface area contributed by atoms with Crippen LogP contribution in [0.2, 0.25) is 5.15 Å². The number of hydrogen-bond acceptors (Lipinski definition) is 4. The number of nitrogens with zero attached hydrogens (tertiary/aromatic N) is 2. The standard InChI is InChI=1S/C12H23ClN4O/c1-8(18-4)5-6-10(15-14)7-11-9(2)16-17(3)12(11)13/h8,10,15H,5-7,14H2,1-4H3. The fourth-order valence-corrected chi connectivity index (χ4v) is 2.20. The first-order valence-electron chi connectivity index (χ1n) is 6.16. The molecule has 0 amide bonds. The summed E-state index contributed by atoms with van der Waals surface area (Å²) in [7, 11) is 3.56. The molecule has 0 aliphatic rings. The Morgan fingerprint density at radius 1 is 1.50 bits per heavy atom. The van der Waals surface area contributed by atoms with Crippen LogP contribution in [0.15, 0.2) is 0 Å². The third-order valence-electron chi connectivity index (χ3n) is 3.28. The molecule has 3 N–H and O–H groups in total. The van der Waals surface area contributed by atoms with Crippen molar-refractivity contribution in [2.45, 2.75) is 45.3 Å². The smallest absolute Gasteiger partial charge is 0.130 e. The molecule has 2 unspecified atom stereocenters. The van der Waals surface area contributed by atoms with Crippen molar-refractivity contribution in [1.82, 2.24) is 15.2 Å². The molecule has 5 nitrogen and oxygen atoms in total. The molecule has 1 heterocycles. The number of methoxy groups -OCH3 is 1. The van der Waals surface area contributed by atoms with Crippen molar-refractivity contribution in [2.24, 2.45) is 12.9 Å². The predicted molar refractivity (Wildman–Crippen MR) is 73.5 cm³/mol. The lowest BCUT2D eigenvalue weighted by atomic mass is 10.0. The average molecular weight is 275 g/mol. The van der Waals surface area contributed by atoms with E-state index in [4.69, 9.17) is 22.2 Å². The van der Waals surface area contributed by atoms with Crippen LogP contribution in [0.4, 0.5) is 0 Å². The summed E-state index contributed by atoms with van der Waals surface area (Å²) in [5.74, 6) is 5.59. The van der Waals surface area contributed by atoms with Crippen LogP contribution in [-0.4, -0.2) is 29.0 Å². The number of aryl methyl sites for hydroxylation is 2. The summed E-state index contributed by atoms with van der Waals surface area (Å²) in [6.45, 7) is 4.02. The van der Waals surface area contributed by atoms with Gasteiger partial charge in [0.2, 0.25) is 0 Å². The van der Waals surface area contributed by atoms with Gasteiger partial charge in [-0.05, 0) is 33.1 Å². The minimum atomic E-state index is 0.183. The second kappa shape index (κ2) is 7.09. The van der Waals surface area contributed by atoms with Crippen molar-refractivity contribution in [3.63, 3.8) is 0 Å². The van der Waals surface area contributed by atoms with Crippen LogP contribution in [0.25, 0.3) is 0 Å². The first-order chi connectivity index (χ1) is 8.49. The van der Waals surface area contributed by atoms with Gasteiger partial charge in [-0.2, -0.15) is 5.10 Å². The molecule has 0 fully saturated rings. The van der Waals surface area contributed by atoms with Crippen molar-refractivity contribution in [1.29, 1.82) is 0 Å². The summed E-state index contributed by atoms with van der Waals surface area (Å²) < 4.78 is 6.93. The summed E-state index contributed by atoms with van der Waals surface area (Å²) in [5, 5.41) is 4.99. The van der Waals surface area contributed by atoms with Crippen molar-refractivity contribution in [3.05, 3.63) is 16.4 Å². The highest BCUT2D eigenvalue weighted by Gasteiger charge is 2.17. The fraction of sp³-hybridized carbons (Fsp3) is 0.750. The molecule has 0 spiro atoms. The summed E-state index contributed by atoms with van der Waals surface area (Å²) >= 11 is 6.21. The van der Waals surface area contributed by atoms with Gasteiger partial charge in [-0.1, -0.05) is 11.6 Å². The highest BCUT2D eigenvalue weighted by molar-refractivity contribution is 6.30. The number of nitrogens with two attached hydrogens (primary N) is 1. The highest BCUT2D eigenvalue weighted by Crippen LogP contribution is 2.21. The van der Waals surface area contributed by atoms with Crippen LogP contribution >= 0.6 is 11.6 Å². The molecule has 0 aliphatic heterocycles. The molecule has 1 aromatic heterocycles. The van der Waals surface area contributed by atoms with Gasteiger partial charge in [0.05, 0.1) is 11.8 Å². The molecule has 0 aliphatic carbocycles. The summed E-state index contributed by atoms with van der Waals surface area (Å²) in [5.41, 5.74) is 4.87. The van der Waals surface area contributed by atoms with Crippen LogP contribution < -0.4 is 11.3 Å². The molecule has 0 aromatic carbocycles. The summed E-state index contributed by atoms with van der Waals surface area (Å²) in [6.07, 6.45) is 2.93. The Morgan fingerprint density at radius 2 is 2.17 bits per heavy atom. The number of nitrogens with one attached hydrogen (secondary N) is 1. The van der Waals surface area contributed by atoms with Crippen LogP contribution in [0.3, 0.4) is 0 Å². The molecule has 1 aromatic rings. The van der Waals surface area contributed by atoms with Gasteiger partial charge in [-0.15, -0.1) is 0 Å². The average Bonchev–Trinajstić information content (AvgIpc) is 2.59. The van der Waals surface area contributed by atoms with Gasteiger partial charge >= 0.3 is 0 Å². The van der Waals surface area contributed by atoms with Crippen LogP contribution in [-0.2, 0) is 18.2 Å². The first-order valence-corrected chi connectivity index (χ1v) is 6.54. The molecule has 18 heavy (non-hydrogen) atoms. The number of rotatable bonds is 7. The number of aromatic nitrogens is 2. The maximum absolute atomic E-state index is 6.21. The Labute approximate surface area is 114 Å². The number of hydrazine groups is 1. The maximum atomic E-state index is 6.21. The van der Waals surface area contributed by atoms with E-state index in [0.717, 1.165) is 30.5 Å². The molecule has 6 heteroatoms. The zero-order chi connectivity index (χ0) is 13.7. The largest absolute Gasteiger partial charge is 0.382 e. The van der Waals surface area contributed by atoms with E-state index in [1.54, 1.807) is 11.8 Å². The summed E-state index contributed by atoms with van der Waals surface area (Å²) in [4.78, 5) is 0. The predicted octanol–water partition coefficient (Wildman–Crippen LogP) is 1.57. The molecule has 0 radical (unpaired) electrons. The van der Waals surface area contributed by atoms with Gasteiger partial charge < -0.3 is 4.74 Å². The molecule has 2 atom stereocenters. The lowest BCUT2D eigenvalue weighted by Crippen LogP contribution is -2.37. The maximum Gasteiger partial charge on any atom is 0.130 e. The Hall–Kier alpha value is -0.620.